The average molecular weight is 134 g/mol. The first-order valence-corrected chi connectivity index (χ1v) is 4.13. The Kier molecular flexibility index (Phi) is 0.997. The number of hydrogen-bond donors (Lipinski definition) is 0. The molecule has 0 amide bonds. The minimum atomic E-state index is 0.532. The van der Waals surface area contributed by atoms with Gasteiger partial charge in [-0.15, -0.1) is 0 Å². The van der Waals surface area contributed by atoms with Crippen molar-refractivity contribution in [2.75, 3.05) is 0 Å². The van der Waals surface area contributed by atoms with Crippen molar-refractivity contribution in [1.82, 2.24) is 0 Å². The molecule has 10 heavy (non-hydrogen) atoms. The lowest BCUT2D eigenvalue weighted by atomic mass is 9.49. The molecule has 3 aliphatic carbocycles. The second kappa shape index (κ2) is 1.59. The lowest BCUT2D eigenvalue weighted by molar-refractivity contribution is -0.0130. The van der Waals surface area contributed by atoms with Crippen molar-refractivity contribution in [3.63, 3.8) is 0 Å². The highest BCUT2D eigenvalue weighted by Gasteiger charge is 2.51. The van der Waals surface area contributed by atoms with Crippen molar-refractivity contribution < 1.29 is 0 Å². The van der Waals surface area contributed by atoms with Crippen molar-refractivity contribution >= 4 is 0 Å². The SMILES string of the molecule is CC1C#CC2CC1C2(C)C. The maximum Gasteiger partial charge on any atom is 0.0260 e. The molecule has 1 fully saturated rings. The van der Waals surface area contributed by atoms with E-state index in [1.165, 1.54) is 6.42 Å². The topological polar surface area (TPSA) is 0 Å². The van der Waals surface area contributed by atoms with Crippen molar-refractivity contribution in [1.29, 1.82) is 0 Å². The Morgan fingerprint density at radius 1 is 1.30 bits per heavy atom. The van der Waals surface area contributed by atoms with Gasteiger partial charge in [-0.2, -0.15) is 0 Å². The molecular weight excluding hydrogens is 120 g/mol. The summed E-state index contributed by atoms with van der Waals surface area (Å²) in [5.74, 6) is 8.88. The van der Waals surface area contributed by atoms with Crippen LogP contribution >= 0.6 is 0 Å². The summed E-state index contributed by atoms with van der Waals surface area (Å²) in [5, 5.41) is 0. The van der Waals surface area contributed by atoms with E-state index in [1.54, 1.807) is 0 Å². The fraction of sp³-hybridized carbons (Fsp3) is 0.800. The van der Waals surface area contributed by atoms with Gasteiger partial charge in [0, 0.05) is 11.8 Å². The molecule has 0 heterocycles. The third kappa shape index (κ3) is 0.539. The van der Waals surface area contributed by atoms with E-state index in [2.05, 4.69) is 32.6 Å². The molecule has 0 aromatic rings. The van der Waals surface area contributed by atoms with E-state index >= 15 is 0 Å². The first kappa shape index (κ1) is 6.28. The molecule has 3 atom stereocenters. The van der Waals surface area contributed by atoms with E-state index in [1.807, 2.05) is 0 Å². The van der Waals surface area contributed by atoms with E-state index < -0.39 is 0 Å². The molecule has 0 heteroatoms. The zero-order valence-corrected chi connectivity index (χ0v) is 6.94. The Hall–Kier alpha value is -0.440. The van der Waals surface area contributed by atoms with E-state index in [4.69, 9.17) is 0 Å². The summed E-state index contributed by atoms with van der Waals surface area (Å²) in [7, 11) is 0. The molecule has 3 aliphatic rings. The third-order valence-electron chi connectivity index (χ3n) is 3.43. The van der Waals surface area contributed by atoms with Gasteiger partial charge in [-0.3, -0.25) is 0 Å². The first-order valence-electron chi connectivity index (χ1n) is 4.13. The van der Waals surface area contributed by atoms with Gasteiger partial charge in [0.15, 0.2) is 0 Å². The van der Waals surface area contributed by atoms with Crippen LogP contribution in [0.4, 0.5) is 0 Å². The van der Waals surface area contributed by atoms with E-state index in [0.29, 0.717) is 17.3 Å². The van der Waals surface area contributed by atoms with Gasteiger partial charge in [0.25, 0.3) is 0 Å². The second-order valence-corrected chi connectivity index (χ2v) is 4.29. The largest absolute Gasteiger partial charge is 0.0996 e. The third-order valence-corrected chi connectivity index (χ3v) is 3.43. The number of hydrogen-bond acceptors (Lipinski definition) is 0. The average Bonchev–Trinajstić information content (AvgIpc) is 1.87. The molecule has 0 aliphatic heterocycles. The maximum atomic E-state index is 3.34. The van der Waals surface area contributed by atoms with Gasteiger partial charge >= 0.3 is 0 Å². The van der Waals surface area contributed by atoms with Crippen molar-refractivity contribution in [2.45, 2.75) is 27.2 Å². The van der Waals surface area contributed by atoms with Crippen LogP contribution in [0.2, 0.25) is 0 Å². The van der Waals surface area contributed by atoms with Crippen LogP contribution in [0.15, 0.2) is 0 Å². The highest BCUT2D eigenvalue weighted by Crippen LogP contribution is 2.56. The van der Waals surface area contributed by atoms with Gasteiger partial charge < -0.3 is 0 Å². The maximum absolute atomic E-state index is 3.34. The molecule has 0 aromatic heterocycles. The van der Waals surface area contributed by atoms with Gasteiger partial charge in [-0.05, 0) is 17.8 Å². The molecule has 0 saturated heterocycles. The minimum Gasteiger partial charge on any atom is -0.0996 e. The Bertz CT molecular complexity index is 214. The van der Waals surface area contributed by atoms with Gasteiger partial charge in [-0.1, -0.05) is 32.6 Å². The Morgan fingerprint density at radius 3 is 2.30 bits per heavy atom. The summed E-state index contributed by atoms with van der Waals surface area (Å²) in [5.41, 5.74) is 0.532. The van der Waals surface area contributed by atoms with E-state index in [9.17, 15) is 0 Å². The minimum absolute atomic E-state index is 0.532. The van der Waals surface area contributed by atoms with Crippen LogP contribution in [0, 0.1) is 35.0 Å². The summed E-state index contributed by atoms with van der Waals surface area (Å²) >= 11 is 0. The molecule has 54 valence electrons. The molecule has 0 aromatic carbocycles. The van der Waals surface area contributed by atoms with Gasteiger partial charge in [0.05, 0.1) is 0 Å². The molecule has 3 unspecified atom stereocenters. The molecule has 0 nitrogen and oxygen atoms in total. The van der Waals surface area contributed by atoms with Crippen LogP contribution in [0.1, 0.15) is 27.2 Å². The molecule has 3 rings (SSSR count). The van der Waals surface area contributed by atoms with E-state index in [0.717, 1.165) is 5.92 Å². The lowest BCUT2D eigenvalue weighted by Gasteiger charge is -2.54. The van der Waals surface area contributed by atoms with Gasteiger partial charge in [0.2, 0.25) is 0 Å². The predicted molar refractivity (Wildman–Crippen MR) is 42.3 cm³/mol. The van der Waals surface area contributed by atoms with Crippen LogP contribution in [0.25, 0.3) is 0 Å². The molecule has 0 N–H and O–H groups in total. The standard InChI is InChI=1S/C10H14/c1-7-4-5-8-6-9(7)10(8,2)3/h7-9H,6H2,1-3H3. The van der Waals surface area contributed by atoms with Crippen LogP contribution in [-0.4, -0.2) is 0 Å². The van der Waals surface area contributed by atoms with E-state index in [-0.39, 0.29) is 0 Å². The summed E-state index contributed by atoms with van der Waals surface area (Å²) in [4.78, 5) is 0. The molecule has 1 saturated carbocycles. The van der Waals surface area contributed by atoms with Crippen molar-refractivity contribution in [2.24, 2.45) is 23.2 Å². The zero-order valence-electron chi connectivity index (χ0n) is 6.94. The number of rotatable bonds is 0. The molecule has 0 spiro atoms. The normalized spacial score (nSPS) is 46.9. The second-order valence-electron chi connectivity index (χ2n) is 4.29. The van der Waals surface area contributed by atoms with Crippen LogP contribution in [-0.2, 0) is 0 Å². The zero-order chi connectivity index (χ0) is 7.35. The van der Waals surface area contributed by atoms with Crippen LogP contribution in [0.3, 0.4) is 0 Å². The van der Waals surface area contributed by atoms with Gasteiger partial charge in [-0.25, -0.2) is 0 Å². The fourth-order valence-corrected chi connectivity index (χ4v) is 2.39. The molecule has 2 bridgehead atoms. The fourth-order valence-electron chi connectivity index (χ4n) is 2.39. The predicted octanol–water partition coefficient (Wildman–Crippen LogP) is 2.30. The Balaban J connectivity index is 2.33. The lowest BCUT2D eigenvalue weighted by Crippen LogP contribution is -2.49. The highest BCUT2D eigenvalue weighted by atomic mass is 14.5. The van der Waals surface area contributed by atoms with Crippen LogP contribution in [0.5, 0.6) is 0 Å². The highest BCUT2D eigenvalue weighted by molar-refractivity contribution is 5.24. The Labute approximate surface area is 63.0 Å². The smallest absolute Gasteiger partial charge is 0.0260 e. The Morgan fingerprint density at radius 2 is 2.00 bits per heavy atom. The van der Waals surface area contributed by atoms with Crippen LogP contribution < -0.4 is 0 Å². The molecule has 0 radical (unpaired) electrons. The monoisotopic (exact) mass is 134 g/mol. The summed E-state index contributed by atoms with van der Waals surface area (Å²) in [6, 6.07) is 0. The first-order chi connectivity index (χ1) is 4.62. The van der Waals surface area contributed by atoms with Crippen molar-refractivity contribution in [3.8, 4) is 11.8 Å². The summed E-state index contributed by atoms with van der Waals surface area (Å²) < 4.78 is 0. The summed E-state index contributed by atoms with van der Waals surface area (Å²) in [6.07, 6.45) is 1.36. The van der Waals surface area contributed by atoms with Gasteiger partial charge in [0.1, 0.15) is 0 Å². The molecular formula is C10H14. The number of fused-ring (bicyclic) bond motifs is 1. The van der Waals surface area contributed by atoms with Crippen molar-refractivity contribution in [3.05, 3.63) is 0 Å². The quantitative estimate of drug-likeness (QED) is 0.446. The summed E-state index contributed by atoms with van der Waals surface area (Å²) in [6.45, 7) is 6.97.